The Bertz CT molecular complexity index is 1200. The molecule has 4 aromatic rings. The molecule has 0 radical (unpaired) electrons. The molecule has 0 saturated carbocycles. The summed E-state index contributed by atoms with van der Waals surface area (Å²) in [6, 6.07) is 16.7. The molecule has 1 amide bonds. The third-order valence-corrected chi connectivity index (χ3v) is 5.77. The number of hydrazone groups is 1. The fourth-order valence-electron chi connectivity index (χ4n) is 2.73. The zero-order chi connectivity index (χ0) is 19.7. The van der Waals surface area contributed by atoms with Gasteiger partial charge >= 0.3 is 0 Å². The summed E-state index contributed by atoms with van der Waals surface area (Å²) in [6.45, 7) is 1.93. The molecule has 2 heterocycles. The summed E-state index contributed by atoms with van der Waals surface area (Å²) in [4.78, 5) is 14.0. The number of nitrogens with one attached hydrogen (secondary N) is 1. The van der Waals surface area contributed by atoms with E-state index in [1.54, 1.807) is 18.2 Å². The molecular weight excluding hydrogens is 415 g/mol. The van der Waals surface area contributed by atoms with E-state index >= 15 is 0 Å². The van der Waals surface area contributed by atoms with E-state index in [1.807, 2.05) is 48.0 Å². The van der Waals surface area contributed by atoms with Crippen LogP contribution in [-0.2, 0) is 0 Å². The second-order valence-electron chi connectivity index (χ2n) is 6.03. The number of nitrogens with zero attached hydrogens (tertiary/aromatic N) is 3. The third-order valence-electron chi connectivity index (χ3n) is 4.10. The van der Waals surface area contributed by atoms with Crippen molar-refractivity contribution < 1.29 is 4.79 Å². The van der Waals surface area contributed by atoms with Gasteiger partial charge in [-0.3, -0.25) is 4.79 Å². The van der Waals surface area contributed by atoms with E-state index in [0.29, 0.717) is 20.5 Å². The molecule has 1 N–H and O–H groups in total. The van der Waals surface area contributed by atoms with Gasteiger partial charge in [-0.15, -0.1) is 11.3 Å². The molecule has 0 spiro atoms. The van der Waals surface area contributed by atoms with Crippen molar-refractivity contribution >= 4 is 56.9 Å². The third kappa shape index (κ3) is 3.67. The molecule has 28 heavy (non-hydrogen) atoms. The Kier molecular flexibility index (Phi) is 5.17. The number of aromatic nitrogens is 2. The molecule has 0 bridgehead atoms. The topological polar surface area (TPSA) is 59.3 Å². The van der Waals surface area contributed by atoms with E-state index in [0.717, 1.165) is 21.6 Å². The highest BCUT2D eigenvalue weighted by molar-refractivity contribution is 7.20. The molecule has 5 nitrogen and oxygen atoms in total. The van der Waals surface area contributed by atoms with Gasteiger partial charge in [-0.1, -0.05) is 47.5 Å². The van der Waals surface area contributed by atoms with Crippen molar-refractivity contribution in [2.24, 2.45) is 5.10 Å². The highest BCUT2D eigenvalue weighted by Gasteiger charge is 2.16. The van der Waals surface area contributed by atoms with Crippen molar-refractivity contribution in [3.05, 3.63) is 80.8 Å². The molecule has 8 heteroatoms. The van der Waals surface area contributed by atoms with Gasteiger partial charge in [0.1, 0.15) is 4.83 Å². The predicted molar refractivity (Wildman–Crippen MR) is 115 cm³/mol. The first-order chi connectivity index (χ1) is 13.5. The normalized spacial score (nSPS) is 11.4. The molecule has 4 rings (SSSR count). The number of carbonyl (C=O) groups is 1. The number of rotatable bonds is 4. The van der Waals surface area contributed by atoms with Crippen LogP contribution in [0.3, 0.4) is 0 Å². The lowest BCUT2D eigenvalue weighted by Gasteiger charge is -2.01. The standard InChI is InChI=1S/C20H14Cl2N4OS/c1-12-16-10-18(28-20(16)26(25-12)15-5-3-2-4-6-15)19(27)24-23-11-13-7-8-14(21)9-17(13)22/h2-11H,1H3,(H,24,27)/b23-11-. The fraction of sp³-hybridized carbons (Fsp3) is 0.0500. The predicted octanol–water partition coefficient (Wildman–Crippen LogP) is 5.47. The van der Waals surface area contributed by atoms with Crippen molar-refractivity contribution in [3.63, 3.8) is 0 Å². The maximum atomic E-state index is 12.5. The minimum atomic E-state index is -0.290. The molecule has 0 saturated heterocycles. The summed E-state index contributed by atoms with van der Waals surface area (Å²) < 4.78 is 1.85. The van der Waals surface area contributed by atoms with Crippen LogP contribution in [0, 0.1) is 6.92 Å². The first kappa shape index (κ1) is 18.7. The average molecular weight is 429 g/mol. The van der Waals surface area contributed by atoms with Gasteiger partial charge in [0.25, 0.3) is 5.91 Å². The van der Waals surface area contributed by atoms with Gasteiger partial charge < -0.3 is 0 Å². The van der Waals surface area contributed by atoms with Crippen molar-refractivity contribution in [2.75, 3.05) is 0 Å². The summed E-state index contributed by atoms with van der Waals surface area (Å²) in [7, 11) is 0. The molecule has 2 aromatic carbocycles. The number of hydrogen-bond donors (Lipinski definition) is 1. The van der Waals surface area contributed by atoms with Crippen LogP contribution in [0.25, 0.3) is 15.9 Å². The average Bonchev–Trinajstić information content (AvgIpc) is 3.25. The number of fused-ring (bicyclic) bond motifs is 1. The number of aryl methyl sites for hydroxylation is 1. The van der Waals surface area contributed by atoms with Crippen LogP contribution >= 0.6 is 34.5 Å². The molecule has 140 valence electrons. The van der Waals surface area contributed by atoms with E-state index in [-0.39, 0.29) is 5.91 Å². The lowest BCUT2D eigenvalue weighted by molar-refractivity contribution is 0.0959. The van der Waals surface area contributed by atoms with E-state index < -0.39 is 0 Å². The monoisotopic (exact) mass is 428 g/mol. The highest BCUT2D eigenvalue weighted by Crippen LogP contribution is 2.30. The fourth-order valence-corrected chi connectivity index (χ4v) is 4.26. The molecule has 2 aromatic heterocycles. The second kappa shape index (κ2) is 7.75. The van der Waals surface area contributed by atoms with Gasteiger partial charge in [0.15, 0.2) is 0 Å². The van der Waals surface area contributed by atoms with Crippen LogP contribution in [0.2, 0.25) is 10.0 Å². The molecule has 0 aliphatic carbocycles. The molecule has 0 unspecified atom stereocenters. The molecule has 0 aliphatic rings. The Balaban J connectivity index is 1.57. The summed E-state index contributed by atoms with van der Waals surface area (Å²) in [6.07, 6.45) is 1.49. The van der Waals surface area contributed by atoms with Crippen LogP contribution in [0.1, 0.15) is 20.9 Å². The molecule has 0 atom stereocenters. The van der Waals surface area contributed by atoms with Crippen LogP contribution < -0.4 is 5.43 Å². The van der Waals surface area contributed by atoms with Crippen molar-refractivity contribution in [1.29, 1.82) is 0 Å². The van der Waals surface area contributed by atoms with E-state index in [2.05, 4.69) is 15.6 Å². The Hall–Kier alpha value is -2.67. The van der Waals surface area contributed by atoms with Gasteiger partial charge in [-0.2, -0.15) is 10.2 Å². The van der Waals surface area contributed by atoms with Gasteiger partial charge in [-0.25, -0.2) is 10.1 Å². The van der Waals surface area contributed by atoms with Gasteiger partial charge in [0.2, 0.25) is 0 Å². The number of halogens is 2. The van der Waals surface area contributed by atoms with Crippen molar-refractivity contribution in [1.82, 2.24) is 15.2 Å². The zero-order valence-electron chi connectivity index (χ0n) is 14.7. The molecule has 0 fully saturated rings. The first-order valence-corrected chi connectivity index (χ1v) is 9.93. The summed E-state index contributed by atoms with van der Waals surface area (Å²) >= 11 is 13.3. The number of hydrogen-bond acceptors (Lipinski definition) is 4. The SMILES string of the molecule is Cc1nn(-c2ccccc2)c2sc(C(=O)N/N=C\c3ccc(Cl)cc3Cl)cc12. The van der Waals surface area contributed by atoms with Crippen LogP contribution in [-0.4, -0.2) is 21.9 Å². The minimum Gasteiger partial charge on any atom is -0.266 e. The molecular formula is C20H14Cl2N4OS. The minimum absolute atomic E-state index is 0.290. The zero-order valence-corrected chi connectivity index (χ0v) is 17.0. The summed E-state index contributed by atoms with van der Waals surface area (Å²) in [5.74, 6) is -0.290. The van der Waals surface area contributed by atoms with E-state index in [4.69, 9.17) is 23.2 Å². The number of para-hydroxylation sites is 1. The first-order valence-electron chi connectivity index (χ1n) is 8.36. The van der Waals surface area contributed by atoms with E-state index in [9.17, 15) is 4.79 Å². The Morgan fingerprint density at radius 3 is 2.71 bits per heavy atom. The van der Waals surface area contributed by atoms with Crippen molar-refractivity contribution in [3.8, 4) is 5.69 Å². The Morgan fingerprint density at radius 2 is 1.96 bits per heavy atom. The van der Waals surface area contributed by atoms with Crippen molar-refractivity contribution in [2.45, 2.75) is 6.92 Å². The largest absolute Gasteiger partial charge is 0.281 e. The van der Waals surface area contributed by atoms with Gasteiger partial charge in [-0.05, 0) is 37.3 Å². The van der Waals surface area contributed by atoms with Gasteiger partial charge in [0, 0.05) is 16.0 Å². The van der Waals surface area contributed by atoms with Gasteiger partial charge in [0.05, 0.1) is 27.5 Å². The van der Waals surface area contributed by atoms with Crippen LogP contribution in [0.15, 0.2) is 59.7 Å². The van der Waals surface area contributed by atoms with E-state index in [1.165, 1.54) is 17.6 Å². The van der Waals surface area contributed by atoms with Crippen LogP contribution in [0.4, 0.5) is 0 Å². The molecule has 0 aliphatic heterocycles. The maximum Gasteiger partial charge on any atom is 0.281 e. The lowest BCUT2D eigenvalue weighted by atomic mass is 10.2. The smallest absolute Gasteiger partial charge is 0.266 e. The van der Waals surface area contributed by atoms with Crippen LogP contribution in [0.5, 0.6) is 0 Å². The Labute approximate surface area is 175 Å². The number of carbonyl (C=O) groups excluding carboxylic acids is 1. The second-order valence-corrected chi connectivity index (χ2v) is 7.90. The summed E-state index contributed by atoms with van der Waals surface area (Å²) in [5, 5.41) is 10.5. The maximum absolute atomic E-state index is 12.5. The lowest BCUT2D eigenvalue weighted by Crippen LogP contribution is -2.16. The summed E-state index contributed by atoms with van der Waals surface area (Å²) in [5.41, 5.74) is 5.02. The highest BCUT2D eigenvalue weighted by atomic mass is 35.5. The number of benzene rings is 2. The number of thiophene rings is 1. The Morgan fingerprint density at radius 1 is 1.18 bits per heavy atom. The number of amides is 1. The quantitative estimate of drug-likeness (QED) is 0.346.